The fraction of sp³-hybridized carbons (Fsp3) is 0.158. The van der Waals surface area contributed by atoms with E-state index in [1.165, 1.54) is 5.56 Å². The molecular weight excluding hydrogens is 316 g/mol. The van der Waals surface area contributed by atoms with Crippen molar-refractivity contribution in [3.8, 4) is 22.9 Å². The molecule has 0 bridgehead atoms. The Hall–Kier alpha value is -3.28. The van der Waals surface area contributed by atoms with E-state index in [1.807, 2.05) is 24.3 Å². The monoisotopic (exact) mass is 336 g/mol. The first kappa shape index (κ1) is 16.6. The quantitative estimate of drug-likeness (QED) is 0.594. The fourth-order valence-corrected chi connectivity index (χ4v) is 2.46. The molecule has 0 spiro atoms. The number of methoxy groups -OCH3 is 2. The van der Waals surface area contributed by atoms with E-state index in [1.54, 1.807) is 32.9 Å². The number of benzene rings is 2. The zero-order valence-corrected chi connectivity index (χ0v) is 14.4. The lowest BCUT2D eigenvalue weighted by atomic mass is 10.2. The van der Waals surface area contributed by atoms with E-state index in [-0.39, 0.29) is 0 Å². The van der Waals surface area contributed by atoms with Crippen molar-refractivity contribution in [1.82, 2.24) is 19.9 Å². The maximum atomic E-state index is 5.42. The van der Waals surface area contributed by atoms with E-state index < -0.39 is 0 Å². The van der Waals surface area contributed by atoms with Gasteiger partial charge in [0.15, 0.2) is 0 Å². The number of hydrogen-bond acceptors (Lipinski definition) is 4. The Balaban J connectivity index is 0.000000314. The van der Waals surface area contributed by atoms with Gasteiger partial charge in [0.2, 0.25) is 0 Å². The zero-order chi connectivity index (χ0) is 17.6. The Bertz CT molecular complexity index is 928. The average Bonchev–Trinajstić information content (AvgIpc) is 3.33. The molecule has 0 aliphatic heterocycles. The molecule has 0 aliphatic rings. The van der Waals surface area contributed by atoms with Gasteiger partial charge in [-0.15, -0.1) is 0 Å². The van der Waals surface area contributed by atoms with Crippen molar-refractivity contribution in [1.29, 1.82) is 0 Å². The van der Waals surface area contributed by atoms with E-state index in [2.05, 4.69) is 39.0 Å². The van der Waals surface area contributed by atoms with Gasteiger partial charge in [0.25, 0.3) is 0 Å². The van der Waals surface area contributed by atoms with Gasteiger partial charge in [-0.2, -0.15) is 0 Å². The lowest BCUT2D eigenvalue weighted by Crippen LogP contribution is -1.91. The van der Waals surface area contributed by atoms with Gasteiger partial charge < -0.3 is 19.4 Å². The number of hydrogen-bond donors (Lipinski definition) is 2. The number of aromatic nitrogens is 4. The summed E-state index contributed by atoms with van der Waals surface area (Å²) in [5.41, 5.74) is 4.10. The highest BCUT2D eigenvalue weighted by Crippen LogP contribution is 2.32. The van der Waals surface area contributed by atoms with Crippen LogP contribution in [0.25, 0.3) is 22.4 Å². The minimum Gasteiger partial charge on any atom is -0.497 e. The molecule has 0 radical (unpaired) electrons. The first-order chi connectivity index (χ1) is 12.2. The predicted molar refractivity (Wildman–Crippen MR) is 98.0 cm³/mol. The minimum atomic E-state index is 0.736. The molecule has 4 rings (SSSR count). The number of fused-ring (bicyclic) bond motifs is 1. The van der Waals surface area contributed by atoms with Gasteiger partial charge in [-0.3, -0.25) is 0 Å². The Morgan fingerprint density at radius 3 is 2.52 bits per heavy atom. The Kier molecular flexibility index (Phi) is 4.99. The molecule has 0 fully saturated rings. The summed E-state index contributed by atoms with van der Waals surface area (Å²) in [7, 11) is 3.28. The van der Waals surface area contributed by atoms with Crippen molar-refractivity contribution >= 4 is 11.0 Å². The fourth-order valence-electron chi connectivity index (χ4n) is 2.46. The smallest absolute Gasteiger partial charge is 0.142 e. The summed E-state index contributed by atoms with van der Waals surface area (Å²) in [5, 5.41) is 0. The lowest BCUT2D eigenvalue weighted by molar-refractivity contribution is 0.395. The van der Waals surface area contributed by atoms with Gasteiger partial charge in [0.05, 0.1) is 37.1 Å². The Labute approximate surface area is 145 Å². The molecule has 2 aromatic heterocycles. The molecule has 2 heterocycles. The number of rotatable bonds is 3. The number of ether oxygens (including phenoxy) is 2. The van der Waals surface area contributed by atoms with Crippen molar-refractivity contribution < 1.29 is 9.47 Å². The standard InChI is InChI=1S/C16H16N2O2.C3H4N2/c1-10-4-7-13-14(8-10)18-16(17-13)12-6-5-11(19-2)9-15(12)20-3;1-2-5-3-4-1/h4-9H,1-3H3,(H,17,18);1-3H,(H,4,5). The predicted octanol–water partition coefficient (Wildman–Crippen LogP) is 3.97. The number of nitrogens with one attached hydrogen (secondary N) is 2. The first-order valence-electron chi connectivity index (χ1n) is 7.83. The lowest BCUT2D eigenvalue weighted by Gasteiger charge is -2.08. The topological polar surface area (TPSA) is 75.8 Å². The maximum Gasteiger partial charge on any atom is 0.142 e. The van der Waals surface area contributed by atoms with Crippen LogP contribution in [0.5, 0.6) is 11.5 Å². The number of imidazole rings is 2. The summed E-state index contributed by atoms with van der Waals surface area (Å²) in [6.07, 6.45) is 5.08. The third kappa shape index (κ3) is 3.80. The third-order valence-electron chi connectivity index (χ3n) is 3.71. The number of aromatic amines is 2. The van der Waals surface area contributed by atoms with E-state index >= 15 is 0 Å². The summed E-state index contributed by atoms with van der Waals surface area (Å²) in [6, 6.07) is 11.9. The van der Waals surface area contributed by atoms with Crippen molar-refractivity contribution in [3.05, 3.63) is 60.7 Å². The normalized spacial score (nSPS) is 10.2. The van der Waals surface area contributed by atoms with Crippen LogP contribution in [0.4, 0.5) is 0 Å². The Morgan fingerprint density at radius 2 is 1.88 bits per heavy atom. The van der Waals surface area contributed by atoms with Gasteiger partial charge >= 0.3 is 0 Å². The molecule has 0 saturated heterocycles. The van der Waals surface area contributed by atoms with Crippen LogP contribution in [0.15, 0.2) is 55.1 Å². The van der Waals surface area contributed by atoms with Gasteiger partial charge in [-0.1, -0.05) is 6.07 Å². The minimum absolute atomic E-state index is 0.736. The first-order valence-corrected chi connectivity index (χ1v) is 7.83. The van der Waals surface area contributed by atoms with Gasteiger partial charge in [0.1, 0.15) is 17.3 Å². The number of nitrogens with zero attached hydrogens (tertiary/aromatic N) is 2. The van der Waals surface area contributed by atoms with E-state index in [0.29, 0.717) is 0 Å². The summed E-state index contributed by atoms with van der Waals surface area (Å²) in [4.78, 5) is 14.4. The van der Waals surface area contributed by atoms with Crippen LogP contribution in [0.2, 0.25) is 0 Å². The molecule has 4 aromatic rings. The molecule has 0 saturated carbocycles. The Morgan fingerprint density at radius 1 is 1.00 bits per heavy atom. The molecule has 0 unspecified atom stereocenters. The zero-order valence-electron chi connectivity index (χ0n) is 14.4. The highest BCUT2D eigenvalue weighted by molar-refractivity contribution is 5.81. The van der Waals surface area contributed by atoms with Crippen molar-refractivity contribution in [2.75, 3.05) is 14.2 Å². The second-order valence-corrected chi connectivity index (χ2v) is 5.43. The second-order valence-electron chi connectivity index (χ2n) is 5.43. The highest BCUT2D eigenvalue weighted by atomic mass is 16.5. The SMILES string of the molecule is COc1ccc(-c2nc3ccc(C)cc3[nH]2)c(OC)c1.c1c[nH]cn1. The molecular formula is C19H20N4O2. The third-order valence-corrected chi connectivity index (χ3v) is 3.71. The van der Waals surface area contributed by atoms with Crippen LogP contribution in [0.3, 0.4) is 0 Å². The summed E-state index contributed by atoms with van der Waals surface area (Å²) >= 11 is 0. The van der Waals surface area contributed by atoms with Crippen molar-refractivity contribution in [2.45, 2.75) is 6.92 Å². The average molecular weight is 336 g/mol. The highest BCUT2D eigenvalue weighted by Gasteiger charge is 2.11. The molecule has 6 heteroatoms. The van der Waals surface area contributed by atoms with E-state index in [4.69, 9.17) is 9.47 Å². The maximum absolute atomic E-state index is 5.42. The molecule has 2 aromatic carbocycles. The second kappa shape index (κ2) is 7.53. The molecule has 25 heavy (non-hydrogen) atoms. The molecule has 0 amide bonds. The van der Waals surface area contributed by atoms with E-state index in [9.17, 15) is 0 Å². The largest absolute Gasteiger partial charge is 0.497 e. The molecule has 2 N–H and O–H groups in total. The summed E-state index contributed by atoms with van der Waals surface area (Å²) < 4.78 is 10.6. The van der Waals surface area contributed by atoms with Gasteiger partial charge in [0, 0.05) is 18.5 Å². The number of aryl methyl sites for hydroxylation is 1. The van der Waals surface area contributed by atoms with Crippen molar-refractivity contribution in [3.63, 3.8) is 0 Å². The molecule has 0 aliphatic carbocycles. The molecule has 6 nitrogen and oxygen atoms in total. The summed E-state index contributed by atoms with van der Waals surface area (Å²) in [5.74, 6) is 2.29. The molecule has 128 valence electrons. The van der Waals surface area contributed by atoms with E-state index in [0.717, 1.165) is 33.9 Å². The van der Waals surface area contributed by atoms with Gasteiger partial charge in [-0.05, 0) is 36.8 Å². The number of H-pyrrole nitrogens is 2. The van der Waals surface area contributed by atoms with Crippen LogP contribution in [0.1, 0.15) is 5.56 Å². The van der Waals surface area contributed by atoms with Crippen LogP contribution in [0, 0.1) is 6.92 Å². The van der Waals surface area contributed by atoms with Gasteiger partial charge in [-0.25, -0.2) is 9.97 Å². The molecule has 0 atom stereocenters. The van der Waals surface area contributed by atoms with Crippen LogP contribution < -0.4 is 9.47 Å². The van der Waals surface area contributed by atoms with Crippen LogP contribution in [-0.4, -0.2) is 34.2 Å². The van der Waals surface area contributed by atoms with Crippen LogP contribution >= 0.6 is 0 Å². The van der Waals surface area contributed by atoms with Crippen LogP contribution in [-0.2, 0) is 0 Å². The van der Waals surface area contributed by atoms with Crippen molar-refractivity contribution in [2.24, 2.45) is 0 Å². The summed E-state index contributed by atoms with van der Waals surface area (Å²) in [6.45, 7) is 2.06.